The zero-order valence-corrected chi connectivity index (χ0v) is 7.75. The molecule has 0 saturated heterocycles. The SMILES string of the molecule is CCOc1noc2c1[C@H](N)CCC2. The monoisotopic (exact) mass is 182 g/mol. The lowest BCUT2D eigenvalue weighted by molar-refractivity contribution is 0.289. The Bertz CT molecular complexity index is 296. The van der Waals surface area contributed by atoms with Gasteiger partial charge in [-0.25, -0.2) is 0 Å². The summed E-state index contributed by atoms with van der Waals surface area (Å²) < 4.78 is 10.5. The molecule has 4 nitrogen and oxygen atoms in total. The average molecular weight is 182 g/mol. The smallest absolute Gasteiger partial charge is 0.259 e. The van der Waals surface area contributed by atoms with Gasteiger partial charge in [-0.05, 0) is 24.9 Å². The highest BCUT2D eigenvalue weighted by molar-refractivity contribution is 5.33. The summed E-state index contributed by atoms with van der Waals surface area (Å²) in [5, 5.41) is 3.86. The van der Waals surface area contributed by atoms with E-state index in [1.165, 1.54) is 0 Å². The number of nitrogens with zero attached hydrogens (tertiary/aromatic N) is 1. The molecule has 13 heavy (non-hydrogen) atoms. The Hall–Kier alpha value is -1.03. The third kappa shape index (κ3) is 1.42. The van der Waals surface area contributed by atoms with Crippen molar-refractivity contribution in [3.63, 3.8) is 0 Å². The fourth-order valence-corrected chi connectivity index (χ4v) is 1.73. The lowest BCUT2D eigenvalue weighted by Gasteiger charge is -2.16. The predicted molar refractivity (Wildman–Crippen MR) is 47.5 cm³/mol. The number of nitrogens with two attached hydrogens (primary N) is 1. The van der Waals surface area contributed by atoms with Crippen LogP contribution < -0.4 is 10.5 Å². The van der Waals surface area contributed by atoms with Crippen LogP contribution in [0.3, 0.4) is 0 Å². The van der Waals surface area contributed by atoms with Crippen LogP contribution in [-0.4, -0.2) is 11.8 Å². The largest absolute Gasteiger partial charge is 0.476 e. The summed E-state index contributed by atoms with van der Waals surface area (Å²) in [4.78, 5) is 0. The van der Waals surface area contributed by atoms with Crippen molar-refractivity contribution in [1.82, 2.24) is 5.16 Å². The van der Waals surface area contributed by atoms with E-state index in [0.717, 1.165) is 30.6 Å². The lowest BCUT2D eigenvalue weighted by atomic mass is 9.94. The quantitative estimate of drug-likeness (QED) is 0.751. The van der Waals surface area contributed by atoms with Gasteiger partial charge in [0.1, 0.15) is 5.76 Å². The van der Waals surface area contributed by atoms with E-state index in [9.17, 15) is 0 Å². The maximum absolute atomic E-state index is 5.94. The number of aryl methyl sites for hydroxylation is 1. The van der Waals surface area contributed by atoms with Crippen LogP contribution in [0.4, 0.5) is 0 Å². The van der Waals surface area contributed by atoms with Crippen molar-refractivity contribution in [3.8, 4) is 5.88 Å². The first-order chi connectivity index (χ1) is 6.33. The summed E-state index contributed by atoms with van der Waals surface area (Å²) >= 11 is 0. The Morgan fingerprint density at radius 3 is 3.31 bits per heavy atom. The van der Waals surface area contributed by atoms with E-state index >= 15 is 0 Å². The molecule has 0 radical (unpaired) electrons. The number of hydrogen-bond donors (Lipinski definition) is 1. The van der Waals surface area contributed by atoms with Crippen molar-refractivity contribution in [2.75, 3.05) is 6.61 Å². The molecule has 1 aliphatic carbocycles. The van der Waals surface area contributed by atoms with Crippen molar-refractivity contribution >= 4 is 0 Å². The zero-order valence-electron chi connectivity index (χ0n) is 7.75. The molecule has 0 bridgehead atoms. The first kappa shape index (κ1) is 8.56. The van der Waals surface area contributed by atoms with Gasteiger partial charge < -0.3 is 15.0 Å². The van der Waals surface area contributed by atoms with Gasteiger partial charge >= 0.3 is 0 Å². The van der Waals surface area contributed by atoms with Crippen molar-refractivity contribution in [2.45, 2.75) is 32.2 Å². The molecule has 1 aromatic rings. The van der Waals surface area contributed by atoms with Crippen LogP contribution >= 0.6 is 0 Å². The van der Waals surface area contributed by atoms with E-state index < -0.39 is 0 Å². The normalized spacial score (nSPS) is 21.2. The highest BCUT2D eigenvalue weighted by atomic mass is 16.5. The van der Waals surface area contributed by atoms with Gasteiger partial charge in [0.25, 0.3) is 5.88 Å². The first-order valence-electron chi connectivity index (χ1n) is 4.69. The Balaban J connectivity index is 2.32. The predicted octanol–water partition coefficient (Wildman–Crippen LogP) is 1.41. The van der Waals surface area contributed by atoms with Crippen LogP contribution in [0.5, 0.6) is 5.88 Å². The minimum absolute atomic E-state index is 0.0385. The van der Waals surface area contributed by atoms with Crippen LogP contribution in [0.2, 0.25) is 0 Å². The maximum Gasteiger partial charge on any atom is 0.259 e. The average Bonchev–Trinajstić information content (AvgIpc) is 2.51. The second kappa shape index (κ2) is 3.38. The summed E-state index contributed by atoms with van der Waals surface area (Å²) in [6.45, 7) is 2.53. The van der Waals surface area contributed by atoms with Crippen LogP contribution in [0.25, 0.3) is 0 Å². The molecular formula is C9H14N2O2. The van der Waals surface area contributed by atoms with Crippen LogP contribution in [0, 0.1) is 0 Å². The van der Waals surface area contributed by atoms with Gasteiger partial charge in [0, 0.05) is 12.5 Å². The van der Waals surface area contributed by atoms with Crippen molar-refractivity contribution in [2.24, 2.45) is 5.73 Å². The summed E-state index contributed by atoms with van der Waals surface area (Å²) in [6, 6.07) is 0.0385. The number of fused-ring (bicyclic) bond motifs is 1. The Morgan fingerprint density at radius 2 is 2.54 bits per heavy atom. The van der Waals surface area contributed by atoms with Crippen LogP contribution in [0.15, 0.2) is 4.52 Å². The second-order valence-electron chi connectivity index (χ2n) is 3.26. The van der Waals surface area contributed by atoms with Gasteiger partial charge in [0.05, 0.1) is 12.2 Å². The standard InChI is InChI=1S/C9H14N2O2/c1-2-12-9-8-6(10)4-3-5-7(8)13-11-9/h6H,2-5,10H2,1H3/t6-/m1/s1. The van der Waals surface area contributed by atoms with Crippen molar-refractivity contribution in [1.29, 1.82) is 0 Å². The molecule has 0 amide bonds. The number of ether oxygens (including phenoxy) is 1. The zero-order chi connectivity index (χ0) is 9.26. The Morgan fingerprint density at radius 1 is 1.69 bits per heavy atom. The van der Waals surface area contributed by atoms with Gasteiger partial charge in [0.2, 0.25) is 0 Å². The van der Waals surface area contributed by atoms with Gasteiger partial charge in [-0.1, -0.05) is 0 Å². The lowest BCUT2D eigenvalue weighted by Crippen LogP contribution is -2.16. The molecule has 0 saturated carbocycles. The molecule has 1 atom stereocenters. The molecule has 4 heteroatoms. The Kier molecular flexibility index (Phi) is 2.22. The van der Waals surface area contributed by atoms with Crippen LogP contribution in [0.1, 0.15) is 37.1 Å². The fraction of sp³-hybridized carbons (Fsp3) is 0.667. The summed E-state index contributed by atoms with van der Waals surface area (Å²) in [5.41, 5.74) is 6.92. The second-order valence-corrected chi connectivity index (χ2v) is 3.26. The molecule has 0 unspecified atom stereocenters. The topological polar surface area (TPSA) is 61.3 Å². The minimum Gasteiger partial charge on any atom is -0.476 e. The summed E-state index contributed by atoms with van der Waals surface area (Å²) in [6.07, 6.45) is 3.01. The first-order valence-corrected chi connectivity index (χ1v) is 4.69. The molecule has 0 fully saturated rings. The summed E-state index contributed by atoms with van der Waals surface area (Å²) in [5.74, 6) is 1.49. The molecule has 0 aliphatic heterocycles. The third-order valence-electron chi connectivity index (χ3n) is 2.34. The molecule has 0 spiro atoms. The van der Waals surface area contributed by atoms with E-state index in [4.69, 9.17) is 15.0 Å². The van der Waals surface area contributed by atoms with E-state index in [2.05, 4.69) is 5.16 Å². The van der Waals surface area contributed by atoms with E-state index in [-0.39, 0.29) is 6.04 Å². The molecule has 1 aliphatic rings. The maximum atomic E-state index is 5.94. The number of hydrogen-bond acceptors (Lipinski definition) is 4. The highest BCUT2D eigenvalue weighted by Gasteiger charge is 2.26. The third-order valence-corrected chi connectivity index (χ3v) is 2.34. The van der Waals surface area contributed by atoms with Crippen LogP contribution in [-0.2, 0) is 6.42 Å². The van der Waals surface area contributed by atoms with Gasteiger partial charge in [0.15, 0.2) is 0 Å². The molecular weight excluding hydrogens is 168 g/mol. The van der Waals surface area contributed by atoms with E-state index in [1.54, 1.807) is 0 Å². The van der Waals surface area contributed by atoms with E-state index in [0.29, 0.717) is 12.5 Å². The Labute approximate surface area is 77.0 Å². The van der Waals surface area contributed by atoms with E-state index in [1.807, 2.05) is 6.92 Å². The fourth-order valence-electron chi connectivity index (χ4n) is 1.73. The van der Waals surface area contributed by atoms with Gasteiger partial charge in [-0.2, -0.15) is 0 Å². The molecule has 0 aromatic carbocycles. The molecule has 72 valence electrons. The number of rotatable bonds is 2. The van der Waals surface area contributed by atoms with Crippen molar-refractivity contribution in [3.05, 3.63) is 11.3 Å². The van der Waals surface area contributed by atoms with Gasteiger partial charge in [-0.15, -0.1) is 0 Å². The molecule has 1 aromatic heterocycles. The molecule has 1 heterocycles. The van der Waals surface area contributed by atoms with Crippen molar-refractivity contribution < 1.29 is 9.26 Å². The number of aromatic nitrogens is 1. The molecule has 2 rings (SSSR count). The van der Waals surface area contributed by atoms with Gasteiger partial charge in [-0.3, -0.25) is 0 Å². The summed E-state index contributed by atoms with van der Waals surface area (Å²) in [7, 11) is 0. The minimum atomic E-state index is 0.0385. The molecule has 2 N–H and O–H groups in total. The highest BCUT2D eigenvalue weighted by Crippen LogP contribution is 2.34.